The number of nitrogens with zero attached hydrogens (tertiary/aromatic N) is 2. The van der Waals surface area contributed by atoms with E-state index in [-0.39, 0.29) is 17.7 Å². The molecule has 2 amide bonds. The summed E-state index contributed by atoms with van der Waals surface area (Å²) in [6.07, 6.45) is 0.980. The summed E-state index contributed by atoms with van der Waals surface area (Å²) in [5.74, 6) is 0.947. The molecule has 1 saturated carbocycles. The standard InChI is InChI=1S/C17H18N2O2S2/c20-16(13-11-12(13)14-3-1-9-22-14)18-5-7-19(8-6-18)17(21)15-4-2-10-23-15/h1-4,9-10,12-13H,5-8,11H2/t12-,13-/m1/s1. The van der Waals surface area contributed by atoms with Crippen LogP contribution in [0.5, 0.6) is 0 Å². The van der Waals surface area contributed by atoms with Gasteiger partial charge in [0, 0.05) is 42.9 Å². The highest BCUT2D eigenvalue weighted by Crippen LogP contribution is 2.50. The molecule has 0 bridgehead atoms. The van der Waals surface area contributed by atoms with Gasteiger partial charge in [0.2, 0.25) is 5.91 Å². The van der Waals surface area contributed by atoms with Gasteiger partial charge in [0.05, 0.1) is 4.88 Å². The Balaban J connectivity index is 1.32. The lowest BCUT2D eigenvalue weighted by Gasteiger charge is -2.34. The molecule has 0 N–H and O–H groups in total. The molecule has 23 heavy (non-hydrogen) atoms. The molecule has 0 spiro atoms. The van der Waals surface area contributed by atoms with Crippen LogP contribution < -0.4 is 0 Å². The fourth-order valence-electron chi connectivity index (χ4n) is 3.21. The summed E-state index contributed by atoms with van der Waals surface area (Å²) in [5.41, 5.74) is 0. The van der Waals surface area contributed by atoms with Gasteiger partial charge in [-0.3, -0.25) is 9.59 Å². The van der Waals surface area contributed by atoms with Crippen LogP contribution in [0.1, 0.15) is 26.9 Å². The Morgan fingerprint density at radius 2 is 1.65 bits per heavy atom. The lowest BCUT2D eigenvalue weighted by molar-refractivity contribution is -0.134. The highest BCUT2D eigenvalue weighted by molar-refractivity contribution is 7.12. The Labute approximate surface area is 143 Å². The monoisotopic (exact) mass is 346 g/mol. The van der Waals surface area contributed by atoms with Gasteiger partial charge in [0.15, 0.2) is 0 Å². The molecule has 0 aromatic carbocycles. The maximum absolute atomic E-state index is 12.6. The maximum atomic E-state index is 12.6. The van der Waals surface area contributed by atoms with Crippen LogP contribution in [0.3, 0.4) is 0 Å². The molecule has 0 unspecified atom stereocenters. The molecular weight excluding hydrogens is 328 g/mol. The second-order valence-corrected chi connectivity index (χ2v) is 7.99. The minimum Gasteiger partial charge on any atom is -0.339 e. The van der Waals surface area contributed by atoms with Gasteiger partial charge < -0.3 is 9.80 Å². The molecule has 120 valence electrons. The van der Waals surface area contributed by atoms with Crippen molar-refractivity contribution in [1.82, 2.24) is 9.80 Å². The van der Waals surface area contributed by atoms with E-state index in [1.165, 1.54) is 16.2 Å². The molecule has 1 saturated heterocycles. The van der Waals surface area contributed by atoms with E-state index in [2.05, 4.69) is 17.5 Å². The van der Waals surface area contributed by atoms with Crippen LogP contribution in [0, 0.1) is 5.92 Å². The van der Waals surface area contributed by atoms with Crippen molar-refractivity contribution in [1.29, 1.82) is 0 Å². The fourth-order valence-corrected chi connectivity index (χ4v) is 4.80. The zero-order chi connectivity index (χ0) is 15.8. The predicted octanol–water partition coefficient (Wildman–Crippen LogP) is 2.90. The van der Waals surface area contributed by atoms with Gasteiger partial charge in [0.25, 0.3) is 5.91 Å². The molecule has 4 nitrogen and oxygen atoms in total. The van der Waals surface area contributed by atoms with Crippen LogP contribution in [0.25, 0.3) is 0 Å². The normalized spacial score (nSPS) is 23.8. The van der Waals surface area contributed by atoms with E-state index in [4.69, 9.17) is 0 Å². The molecule has 2 aromatic rings. The largest absolute Gasteiger partial charge is 0.339 e. The Morgan fingerprint density at radius 1 is 0.957 bits per heavy atom. The summed E-state index contributed by atoms with van der Waals surface area (Å²) < 4.78 is 0. The second kappa shape index (κ2) is 6.09. The van der Waals surface area contributed by atoms with Crippen LogP contribution in [-0.2, 0) is 4.79 Å². The van der Waals surface area contributed by atoms with E-state index in [0.29, 0.717) is 32.1 Å². The summed E-state index contributed by atoms with van der Waals surface area (Å²) in [6, 6.07) is 7.94. The summed E-state index contributed by atoms with van der Waals surface area (Å²) in [6.45, 7) is 2.59. The highest BCUT2D eigenvalue weighted by Gasteiger charge is 2.46. The van der Waals surface area contributed by atoms with Gasteiger partial charge in [-0.1, -0.05) is 12.1 Å². The third kappa shape index (κ3) is 2.93. The average Bonchev–Trinajstić information content (AvgIpc) is 3.00. The smallest absolute Gasteiger partial charge is 0.264 e. The molecule has 4 rings (SSSR count). The fraction of sp³-hybridized carbons (Fsp3) is 0.412. The Kier molecular flexibility index (Phi) is 3.95. The lowest BCUT2D eigenvalue weighted by atomic mass is 10.2. The molecule has 1 aliphatic heterocycles. The van der Waals surface area contributed by atoms with Crippen molar-refractivity contribution in [3.63, 3.8) is 0 Å². The Morgan fingerprint density at radius 3 is 2.30 bits per heavy atom. The first kappa shape index (κ1) is 14.9. The van der Waals surface area contributed by atoms with Crippen LogP contribution in [-0.4, -0.2) is 47.8 Å². The zero-order valence-corrected chi connectivity index (χ0v) is 14.3. The van der Waals surface area contributed by atoms with E-state index in [1.54, 1.807) is 11.3 Å². The van der Waals surface area contributed by atoms with Crippen LogP contribution in [0.4, 0.5) is 0 Å². The number of piperazine rings is 1. The third-order valence-corrected chi connectivity index (χ3v) is 6.49. The number of thiophene rings is 2. The van der Waals surface area contributed by atoms with Crippen LogP contribution in [0.15, 0.2) is 35.0 Å². The minimum atomic E-state index is 0.0926. The van der Waals surface area contributed by atoms with Crippen molar-refractivity contribution >= 4 is 34.5 Å². The van der Waals surface area contributed by atoms with E-state index in [9.17, 15) is 9.59 Å². The molecule has 2 aromatic heterocycles. The summed E-state index contributed by atoms with van der Waals surface area (Å²) in [7, 11) is 0. The van der Waals surface area contributed by atoms with Crippen molar-refractivity contribution in [2.45, 2.75) is 12.3 Å². The second-order valence-electron chi connectivity index (χ2n) is 6.06. The average molecular weight is 346 g/mol. The molecule has 3 heterocycles. The lowest BCUT2D eigenvalue weighted by Crippen LogP contribution is -2.51. The van der Waals surface area contributed by atoms with Crippen molar-refractivity contribution in [2.24, 2.45) is 5.92 Å². The molecule has 2 atom stereocenters. The highest BCUT2D eigenvalue weighted by atomic mass is 32.1. The van der Waals surface area contributed by atoms with Crippen molar-refractivity contribution in [2.75, 3.05) is 26.2 Å². The van der Waals surface area contributed by atoms with Gasteiger partial charge in [-0.2, -0.15) is 0 Å². The van der Waals surface area contributed by atoms with Crippen molar-refractivity contribution in [3.8, 4) is 0 Å². The first-order valence-corrected chi connectivity index (χ1v) is 9.65. The summed E-state index contributed by atoms with van der Waals surface area (Å²) in [5, 5.41) is 4.00. The number of amides is 2. The minimum absolute atomic E-state index is 0.0926. The van der Waals surface area contributed by atoms with Crippen molar-refractivity contribution in [3.05, 3.63) is 44.8 Å². The number of carbonyl (C=O) groups is 2. The third-order valence-electron chi connectivity index (χ3n) is 4.63. The first-order chi connectivity index (χ1) is 11.2. The predicted molar refractivity (Wildman–Crippen MR) is 92.0 cm³/mol. The van der Waals surface area contributed by atoms with Gasteiger partial charge >= 0.3 is 0 Å². The molecular formula is C17H18N2O2S2. The quantitative estimate of drug-likeness (QED) is 0.857. The zero-order valence-electron chi connectivity index (χ0n) is 12.7. The van der Waals surface area contributed by atoms with E-state index in [1.807, 2.05) is 27.3 Å². The summed E-state index contributed by atoms with van der Waals surface area (Å²) >= 11 is 3.22. The van der Waals surface area contributed by atoms with Crippen molar-refractivity contribution < 1.29 is 9.59 Å². The van der Waals surface area contributed by atoms with Gasteiger partial charge in [-0.25, -0.2) is 0 Å². The SMILES string of the molecule is O=C(c1cccs1)N1CCN(C(=O)[C@@H]2C[C@H]2c2cccs2)CC1. The number of rotatable bonds is 3. The molecule has 0 radical (unpaired) electrons. The molecule has 2 fully saturated rings. The molecule has 2 aliphatic rings. The van der Waals surface area contributed by atoms with E-state index >= 15 is 0 Å². The maximum Gasteiger partial charge on any atom is 0.264 e. The van der Waals surface area contributed by atoms with E-state index < -0.39 is 0 Å². The molecule has 1 aliphatic carbocycles. The first-order valence-electron chi connectivity index (χ1n) is 7.89. The summed E-state index contributed by atoms with van der Waals surface area (Å²) in [4.78, 5) is 30.8. The van der Waals surface area contributed by atoms with Crippen LogP contribution in [0.2, 0.25) is 0 Å². The number of hydrogen-bond acceptors (Lipinski definition) is 4. The Hall–Kier alpha value is -1.66. The van der Waals surface area contributed by atoms with Gasteiger partial charge in [-0.15, -0.1) is 22.7 Å². The van der Waals surface area contributed by atoms with E-state index in [0.717, 1.165) is 11.3 Å². The van der Waals surface area contributed by atoms with Gasteiger partial charge in [0.1, 0.15) is 0 Å². The van der Waals surface area contributed by atoms with Gasteiger partial charge in [-0.05, 0) is 29.3 Å². The Bertz CT molecular complexity index is 688. The molecule has 6 heteroatoms. The number of hydrogen-bond donors (Lipinski definition) is 0. The number of carbonyl (C=O) groups excluding carboxylic acids is 2. The topological polar surface area (TPSA) is 40.6 Å². The van der Waals surface area contributed by atoms with Crippen LogP contribution >= 0.6 is 22.7 Å².